The topological polar surface area (TPSA) is 58.6 Å². The molecule has 1 atom stereocenters. The molecule has 5 nitrogen and oxygen atoms in total. The maximum Gasteiger partial charge on any atom is 0.261 e. The molecule has 2 aromatic carbocycles. The number of likely N-dealkylation sites (N-methyl/N-ethyl adjacent to an activating group) is 1. The SMILES string of the molecule is CCNC(=O)C(C)N(Cc1ccccc1C)C(=O)COc1ccc(F)cc1. The standard InChI is InChI=1S/C21H25FN2O3/c1-4-23-21(26)16(3)24(13-17-8-6-5-7-15(17)2)20(25)14-27-19-11-9-18(22)10-12-19/h5-12,16H,4,13-14H2,1-3H3,(H,23,26). The van der Waals surface area contributed by atoms with Crippen molar-refractivity contribution >= 4 is 11.8 Å². The maximum atomic E-state index is 13.0. The van der Waals surface area contributed by atoms with Crippen LogP contribution >= 0.6 is 0 Å². The number of nitrogens with one attached hydrogen (secondary N) is 1. The van der Waals surface area contributed by atoms with Crippen LogP contribution in [0.25, 0.3) is 0 Å². The summed E-state index contributed by atoms with van der Waals surface area (Å²) in [4.78, 5) is 26.6. The van der Waals surface area contributed by atoms with Gasteiger partial charge in [0.25, 0.3) is 5.91 Å². The number of carbonyl (C=O) groups is 2. The van der Waals surface area contributed by atoms with Gasteiger partial charge in [-0.05, 0) is 56.2 Å². The number of nitrogens with zero attached hydrogens (tertiary/aromatic N) is 1. The van der Waals surface area contributed by atoms with Gasteiger partial charge in [0, 0.05) is 13.1 Å². The van der Waals surface area contributed by atoms with Gasteiger partial charge in [0.2, 0.25) is 5.91 Å². The number of benzene rings is 2. The maximum absolute atomic E-state index is 13.0. The lowest BCUT2D eigenvalue weighted by molar-refractivity contribution is -0.142. The van der Waals surface area contributed by atoms with Crippen LogP contribution in [0, 0.1) is 12.7 Å². The minimum Gasteiger partial charge on any atom is -0.484 e. The van der Waals surface area contributed by atoms with Gasteiger partial charge in [-0.15, -0.1) is 0 Å². The molecule has 0 aliphatic rings. The van der Waals surface area contributed by atoms with Crippen molar-refractivity contribution in [1.29, 1.82) is 0 Å². The van der Waals surface area contributed by atoms with Crippen molar-refractivity contribution in [2.75, 3.05) is 13.2 Å². The Kier molecular flexibility index (Phi) is 7.34. The number of ether oxygens (including phenoxy) is 1. The summed E-state index contributed by atoms with van der Waals surface area (Å²) in [5, 5.41) is 2.75. The van der Waals surface area contributed by atoms with Crippen LogP contribution < -0.4 is 10.1 Å². The molecular formula is C21H25FN2O3. The van der Waals surface area contributed by atoms with Gasteiger partial charge < -0.3 is 15.0 Å². The lowest BCUT2D eigenvalue weighted by Crippen LogP contribution is -2.49. The average Bonchev–Trinajstić information content (AvgIpc) is 2.66. The first-order valence-electron chi connectivity index (χ1n) is 8.92. The molecule has 0 saturated carbocycles. The smallest absolute Gasteiger partial charge is 0.261 e. The molecule has 0 radical (unpaired) electrons. The highest BCUT2D eigenvalue weighted by atomic mass is 19.1. The van der Waals surface area contributed by atoms with Crippen molar-refractivity contribution in [2.45, 2.75) is 33.4 Å². The van der Waals surface area contributed by atoms with Crippen molar-refractivity contribution in [3.8, 4) is 5.75 Å². The Labute approximate surface area is 159 Å². The zero-order valence-corrected chi connectivity index (χ0v) is 15.9. The molecule has 0 aromatic heterocycles. The number of amides is 2. The van der Waals surface area contributed by atoms with Crippen LogP contribution in [0.1, 0.15) is 25.0 Å². The molecule has 144 valence electrons. The number of aryl methyl sites for hydroxylation is 1. The minimum atomic E-state index is -0.645. The summed E-state index contributed by atoms with van der Waals surface area (Å²) < 4.78 is 18.5. The van der Waals surface area contributed by atoms with E-state index in [9.17, 15) is 14.0 Å². The van der Waals surface area contributed by atoms with E-state index in [4.69, 9.17) is 4.74 Å². The van der Waals surface area contributed by atoms with Crippen molar-refractivity contribution < 1.29 is 18.7 Å². The van der Waals surface area contributed by atoms with Gasteiger partial charge in [-0.1, -0.05) is 24.3 Å². The van der Waals surface area contributed by atoms with Gasteiger partial charge in [-0.25, -0.2) is 4.39 Å². The van der Waals surface area contributed by atoms with Crippen LogP contribution in [0.4, 0.5) is 4.39 Å². The van der Waals surface area contributed by atoms with E-state index < -0.39 is 6.04 Å². The third kappa shape index (κ3) is 5.81. The van der Waals surface area contributed by atoms with Gasteiger partial charge in [-0.2, -0.15) is 0 Å². The predicted octanol–water partition coefficient (Wildman–Crippen LogP) is 3.07. The van der Waals surface area contributed by atoms with E-state index in [1.807, 2.05) is 38.1 Å². The van der Waals surface area contributed by atoms with Crippen LogP contribution in [0.2, 0.25) is 0 Å². The molecule has 2 aromatic rings. The molecule has 0 fully saturated rings. The molecule has 0 aliphatic carbocycles. The third-order valence-corrected chi connectivity index (χ3v) is 4.30. The summed E-state index contributed by atoms with van der Waals surface area (Å²) in [5.74, 6) is -0.520. The number of hydrogen-bond acceptors (Lipinski definition) is 3. The summed E-state index contributed by atoms with van der Waals surface area (Å²) in [6.07, 6.45) is 0. The quantitative estimate of drug-likeness (QED) is 0.775. The molecule has 6 heteroatoms. The van der Waals surface area contributed by atoms with Crippen molar-refractivity contribution in [3.63, 3.8) is 0 Å². The predicted molar refractivity (Wildman–Crippen MR) is 102 cm³/mol. The molecule has 0 saturated heterocycles. The van der Waals surface area contributed by atoms with Gasteiger partial charge in [-0.3, -0.25) is 9.59 Å². The van der Waals surface area contributed by atoms with E-state index in [-0.39, 0.29) is 24.2 Å². The van der Waals surface area contributed by atoms with E-state index in [0.29, 0.717) is 18.8 Å². The van der Waals surface area contributed by atoms with Crippen LogP contribution in [-0.4, -0.2) is 35.9 Å². The zero-order valence-electron chi connectivity index (χ0n) is 15.9. The molecule has 27 heavy (non-hydrogen) atoms. The third-order valence-electron chi connectivity index (χ3n) is 4.30. The van der Waals surface area contributed by atoms with E-state index >= 15 is 0 Å². The van der Waals surface area contributed by atoms with E-state index in [2.05, 4.69) is 5.32 Å². The Morgan fingerprint density at radius 2 is 1.81 bits per heavy atom. The Bertz CT molecular complexity index is 777. The number of hydrogen-bond donors (Lipinski definition) is 1. The van der Waals surface area contributed by atoms with Gasteiger partial charge in [0.05, 0.1) is 0 Å². The highest BCUT2D eigenvalue weighted by Crippen LogP contribution is 2.15. The second-order valence-corrected chi connectivity index (χ2v) is 6.26. The fraction of sp³-hybridized carbons (Fsp3) is 0.333. The molecular weight excluding hydrogens is 347 g/mol. The second kappa shape index (κ2) is 9.71. The first kappa shape index (κ1) is 20.4. The van der Waals surface area contributed by atoms with Gasteiger partial charge >= 0.3 is 0 Å². The molecule has 0 spiro atoms. The van der Waals surface area contributed by atoms with Gasteiger partial charge in [0.15, 0.2) is 6.61 Å². The molecule has 1 unspecified atom stereocenters. The van der Waals surface area contributed by atoms with Crippen LogP contribution in [0.3, 0.4) is 0 Å². The van der Waals surface area contributed by atoms with E-state index in [0.717, 1.165) is 11.1 Å². The summed E-state index contributed by atoms with van der Waals surface area (Å²) in [6, 6.07) is 12.5. The highest BCUT2D eigenvalue weighted by molar-refractivity contribution is 5.87. The molecule has 0 bridgehead atoms. The molecule has 2 rings (SSSR count). The lowest BCUT2D eigenvalue weighted by atomic mass is 10.1. The number of rotatable bonds is 8. The van der Waals surface area contributed by atoms with Crippen molar-refractivity contribution in [2.24, 2.45) is 0 Å². The first-order chi connectivity index (χ1) is 12.9. The Morgan fingerprint density at radius 3 is 2.44 bits per heavy atom. The molecule has 0 heterocycles. The summed E-state index contributed by atoms with van der Waals surface area (Å²) in [7, 11) is 0. The number of halogens is 1. The largest absolute Gasteiger partial charge is 0.484 e. The molecule has 2 amide bonds. The fourth-order valence-electron chi connectivity index (χ4n) is 2.63. The van der Waals surface area contributed by atoms with Crippen LogP contribution in [-0.2, 0) is 16.1 Å². The second-order valence-electron chi connectivity index (χ2n) is 6.26. The minimum absolute atomic E-state index is 0.221. The van der Waals surface area contributed by atoms with E-state index in [1.165, 1.54) is 29.2 Å². The molecule has 1 N–H and O–H groups in total. The Hall–Kier alpha value is -2.89. The zero-order chi connectivity index (χ0) is 19.8. The first-order valence-corrected chi connectivity index (χ1v) is 8.92. The monoisotopic (exact) mass is 372 g/mol. The highest BCUT2D eigenvalue weighted by Gasteiger charge is 2.26. The van der Waals surface area contributed by atoms with E-state index in [1.54, 1.807) is 6.92 Å². The summed E-state index contributed by atoms with van der Waals surface area (Å²) in [6.45, 7) is 6.04. The summed E-state index contributed by atoms with van der Waals surface area (Å²) >= 11 is 0. The average molecular weight is 372 g/mol. The summed E-state index contributed by atoms with van der Waals surface area (Å²) in [5.41, 5.74) is 2.00. The van der Waals surface area contributed by atoms with Crippen molar-refractivity contribution in [3.05, 3.63) is 65.5 Å². The Balaban J connectivity index is 2.14. The van der Waals surface area contributed by atoms with Crippen molar-refractivity contribution in [1.82, 2.24) is 10.2 Å². The fourth-order valence-corrected chi connectivity index (χ4v) is 2.63. The molecule has 0 aliphatic heterocycles. The number of carbonyl (C=O) groups excluding carboxylic acids is 2. The lowest BCUT2D eigenvalue weighted by Gasteiger charge is -2.29. The Morgan fingerprint density at radius 1 is 1.15 bits per heavy atom. The van der Waals surface area contributed by atoms with Gasteiger partial charge in [0.1, 0.15) is 17.6 Å². The van der Waals surface area contributed by atoms with Crippen LogP contribution in [0.15, 0.2) is 48.5 Å². The van der Waals surface area contributed by atoms with Crippen LogP contribution in [0.5, 0.6) is 5.75 Å². The normalized spacial score (nSPS) is 11.6.